The maximum absolute atomic E-state index is 5.98. The molecule has 90 valence electrons. The van der Waals surface area contributed by atoms with E-state index < -0.39 is 0 Å². The highest BCUT2D eigenvalue weighted by Crippen LogP contribution is 2.37. The fraction of sp³-hybridized carbons (Fsp3) is 1.00. The van der Waals surface area contributed by atoms with Crippen LogP contribution in [-0.2, 0) is 4.74 Å². The standard InChI is InChI=1S/C13H27NO/c1-2-15-11-7-10-13(12-14)8-5-3-4-6-9-13/h2-12,14H2,1H3. The summed E-state index contributed by atoms with van der Waals surface area (Å²) < 4.78 is 5.40. The zero-order valence-electron chi connectivity index (χ0n) is 10.3. The van der Waals surface area contributed by atoms with E-state index in [9.17, 15) is 0 Å². The van der Waals surface area contributed by atoms with Crippen LogP contribution in [0.1, 0.15) is 58.3 Å². The molecule has 0 saturated heterocycles. The van der Waals surface area contributed by atoms with Gasteiger partial charge < -0.3 is 10.5 Å². The van der Waals surface area contributed by atoms with Crippen molar-refractivity contribution >= 4 is 0 Å². The number of hydrogen-bond donors (Lipinski definition) is 1. The molecule has 0 aromatic rings. The van der Waals surface area contributed by atoms with E-state index in [4.69, 9.17) is 10.5 Å². The monoisotopic (exact) mass is 213 g/mol. The zero-order valence-corrected chi connectivity index (χ0v) is 10.3. The molecule has 1 saturated carbocycles. The molecule has 0 aromatic heterocycles. The lowest BCUT2D eigenvalue weighted by atomic mass is 9.77. The van der Waals surface area contributed by atoms with Crippen LogP contribution in [0.4, 0.5) is 0 Å². The molecule has 2 heteroatoms. The van der Waals surface area contributed by atoms with Gasteiger partial charge in [-0.1, -0.05) is 25.7 Å². The van der Waals surface area contributed by atoms with Crippen LogP contribution in [0.2, 0.25) is 0 Å². The topological polar surface area (TPSA) is 35.2 Å². The lowest BCUT2D eigenvalue weighted by Gasteiger charge is -2.31. The van der Waals surface area contributed by atoms with E-state index in [0.29, 0.717) is 5.41 Å². The Labute approximate surface area is 94.6 Å². The van der Waals surface area contributed by atoms with Crippen LogP contribution >= 0.6 is 0 Å². The second-order valence-electron chi connectivity index (χ2n) is 4.92. The van der Waals surface area contributed by atoms with E-state index in [0.717, 1.165) is 19.8 Å². The molecule has 0 atom stereocenters. The van der Waals surface area contributed by atoms with Crippen LogP contribution in [-0.4, -0.2) is 19.8 Å². The first kappa shape index (κ1) is 13.0. The van der Waals surface area contributed by atoms with Crippen LogP contribution in [0, 0.1) is 5.41 Å². The molecule has 0 amide bonds. The first-order valence-corrected chi connectivity index (χ1v) is 6.61. The Bertz CT molecular complexity index is 151. The Kier molecular flexibility index (Phi) is 6.26. The summed E-state index contributed by atoms with van der Waals surface area (Å²) in [6.45, 7) is 4.69. The molecule has 2 N–H and O–H groups in total. The average molecular weight is 213 g/mol. The molecule has 1 aliphatic rings. The van der Waals surface area contributed by atoms with Gasteiger partial charge in [0.15, 0.2) is 0 Å². The molecule has 1 aliphatic carbocycles. The van der Waals surface area contributed by atoms with E-state index in [-0.39, 0.29) is 0 Å². The molecule has 2 nitrogen and oxygen atoms in total. The van der Waals surface area contributed by atoms with Crippen LogP contribution in [0.25, 0.3) is 0 Å². The van der Waals surface area contributed by atoms with Crippen LogP contribution in [0.15, 0.2) is 0 Å². The van der Waals surface area contributed by atoms with E-state index in [1.165, 1.54) is 51.4 Å². The summed E-state index contributed by atoms with van der Waals surface area (Å²) in [5, 5.41) is 0. The van der Waals surface area contributed by atoms with Gasteiger partial charge in [-0.15, -0.1) is 0 Å². The van der Waals surface area contributed by atoms with Gasteiger partial charge in [-0.25, -0.2) is 0 Å². The molecule has 0 heterocycles. The first-order valence-electron chi connectivity index (χ1n) is 6.61. The number of hydrogen-bond acceptors (Lipinski definition) is 2. The van der Waals surface area contributed by atoms with Crippen LogP contribution in [0.3, 0.4) is 0 Å². The molecule has 1 fully saturated rings. The van der Waals surface area contributed by atoms with Gasteiger partial charge in [-0.3, -0.25) is 0 Å². The third-order valence-corrected chi connectivity index (χ3v) is 3.80. The predicted octanol–water partition coefficient (Wildman–Crippen LogP) is 3.10. The summed E-state index contributed by atoms with van der Waals surface area (Å²) in [7, 11) is 0. The zero-order chi connectivity index (χ0) is 11.0. The van der Waals surface area contributed by atoms with Crippen molar-refractivity contribution in [2.45, 2.75) is 58.3 Å². The quantitative estimate of drug-likeness (QED) is 0.543. The minimum Gasteiger partial charge on any atom is -0.382 e. The van der Waals surface area contributed by atoms with Gasteiger partial charge in [0, 0.05) is 13.2 Å². The second-order valence-corrected chi connectivity index (χ2v) is 4.92. The lowest BCUT2D eigenvalue weighted by Crippen LogP contribution is -2.30. The normalized spacial score (nSPS) is 21.2. The van der Waals surface area contributed by atoms with E-state index in [2.05, 4.69) is 6.92 Å². The molecule has 0 spiro atoms. The summed E-state index contributed by atoms with van der Waals surface area (Å²) in [5.74, 6) is 0. The molecule has 1 rings (SSSR count). The predicted molar refractivity (Wildman–Crippen MR) is 64.9 cm³/mol. The third-order valence-electron chi connectivity index (χ3n) is 3.80. The van der Waals surface area contributed by atoms with Crippen molar-refractivity contribution in [2.75, 3.05) is 19.8 Å². The summed E-state index contributed by atoms with van der Waals surface area (Å²) in [5.41, 5.74) is 6.43. The van der Waals surface area contributed by atoms with Gasteiger partial charge in [-0.05, 0) is 44.6 Å². The van der Waals surface area contributed by atoms with Gasteiger partial charge in [-0.2, -0.15) is 0 Å². The maximum Gasteiger partial charge on any atom is 0.0466 e. The second kappa shape index (κ2) is 7.24. The third kappa shape index (κ3) is 4.52. The van der Waals surface area contributed by atoms with Crippen LogP contribution < -0.4 is 5.73 Å². The summed E-state index contributed by atoms with van der Waals surface area (Å²) in [6.07, 6.45) is 10.7. The number of ether oxygens (including phenoxy) is 1. The Morgan fingerprint density at radius 2 is 1.80 bits per heavy atom. The van der Waals surface area contributed by atoms with Gasteiger partial charge in [0.25, 0.3) is 0 Å². The van der Waals surface area contributed by atoms with Crippen molar-refractivity contribution in [1.29, 1.82) is 0 Å². The van der Waals surface area contributed by atoms with E-state index in [1.54, 1.807) is 0 Å². The Hall–Kier alpha value is -0.0800. The van der Waals surface area contributed by atoms with Crippen LogP contribution in [0.5, 0.6) is 0 Å². The minimum absolute atomic E-state index is 0.452. The minimum atomic E-state index is 0.452. The van der Waals surface area contributed by atoms with E-state index in [1.807, 2.05) is 0 Å². The van der Waals surface area contributed by atoms with Crippen molar-refractivity contribution in [1.82, 2.24) is 0 Å². The van der Waals surface area contributed by atoms with E-state index >= 15 is 0 Å². The largest absolute Gasteiger partial charge is 0.382 e. The smallest absolute Gasteiger partial charge is 0.0466 e. The fourth-order valence-corrected chi connectivity index (χ4v) is 2.73. The highest BCUT2D eigenvalue weighted by atomic mass is 16.5. The maximum atomic E-state index is 5.98. The van der Waals surface area contributed by atoms with Crippen molar-refractivity contribution in [3.05, 3.63) is 0 Å². The average Bonchev–Trinajstić information content (AvgIpc) is 2.51. The molecule has 0 radical (unpaired) electrons. The number of rotatable bonds is 6. The Morgan fingerprint density at radius 1 is 1.13 bits per heavy atom. The van der Waals surface area contributed by atoms with Gasteiger partial charge >= 0.3 is 0 Å². The summed E-state index contributed by atoms with van der Waals surface area (Å²) in [6, 6.07) is 0. The molecule has 0 aromatic carbocycles. The lowest BCUT2D eigenvalue weighted by molar-refractivity contribution is 0.123. The van der Waals surface area contributed by atoms with Crippen molar-refractivity contribution < 1.29 is 4.74 Å². The Morgan fingerprint density at radius 3 is 2.33 bits per heavy atom. The highest BCUT2D eigenvalue weighted by Gasteiger charge is 2.28. The SMILES string of the molecule is CCOCCCC1(CN)CCCCCC1. The van der Waals surface area contributed by atoms with Crippen molar-refractivity contribution in [3.63, 3.8) is 0 Å². The highest BCUT2D eigenvalue weighted by molar-refractivity contribution is 4.82. The van der Waals surface area contributed by atoms with Gasteiger partial charge in [0.2, 0.25) is 0 Å². The fourth-order valence-electron chi connectivity index (χ4n) is 2.73. The van der Waals surface area contributed by atoms with Gasteiger partial charge in [0.1, 0.15) is 0 Å². The molecular formula is C13H27NO. The summed E-state index contributed by atoms with van der Waals surface area (Å²) in [4.78, 5) is 0. The molecule has 0 aliphatic heterocycles. The van der Waals surface area contributed by atoms with Gasteiger partial charge in [0.05, 0.1) is 0 Å². The summed E-state index contributed by atoms with van der Waals surface area (Å²) >= 11 is 0. The number of nitrogens with two attached hydrogens (primary N) is 1. The molecule has 0 bridgehead atoms. The van der Waals surface area contributed by atoms with Crippen molar-refractivity contribution in [2.24, 2.45) is 11.1 Å². The molecule has 0 unspecified atom stereocenters. The van der Waals surface area contributed by atoms with Crippen molar-refractivity contribution in [3.8, 4) is 0 Å². The first-order chi connectivity index (χ1) is 7.33. The molecule has 15 heavy (non-hydrogen) atoms. The Balaban J connectivity index is 2.29. The molecular weight excluding hydrogens is 186 g/mol.